The zero-order valence-corrected chi connectivity index (χ0v) is 22.5. The van der Waals surface area contributed by atoms with Crippen LogP contribution < -0.4 is 5.32 Å². The highest BCUT2D eigenvalue weighted by atomic mass is 16.7. The van der Waals surface area contributed by atoms with Gasteiger partial charge in [-0.2, -0.15) is 0 Å². The first-order valence-corrected chi connectivity index (χ1v) is 14.7. The SMILES string of the molecule is CC(C)C1CCC2(C)C3CCC4CCCC4C2(CCC(=O)C2(C)COC4(C)CCC2O4)C1NC3. The van der Waals surface area contributed by atoms with Crippen molar-refractivity contribution in [3.63, 3.8) is 0 Å². The number of carbonyl (C=O) groups is 1. The van der Waals surface area contributed by atoms with Crippen molar-refractivity contribution < 1.29 is 14.3 Å². The minimum Gasteiger partial charge on any atom is -0.349 e. The van der Waals surface area contributed by atoms with E-state index in [1.165, 1.54) is 51.5 Å². The van der Waals surface area contributed by atoms with Crippen molar-refractivity contribution in [3.8, 4) is 0 Å². The Balaban J connectivity index is 1.35. The van der Waals surface area contributed by atoms with Crippen LogP contribution in [-0.2, 0) is 14.3 Å². The number of hydrogen-bond acceptors (Lipinski definition) is 4. The molecule has 1 N–H and O–H groups in total. The van der Waals surface area contributed by atoms with E-state index in [4.69, 9.17) is 9.47 Å². The number of ketones is 1. The number of rotatable bonds is 5. The molecule has 0 aromatic rings. The third-order valence-electron chi connectivity index (χ3n) is 12.6. The van der Waals surface area contributed by atoms with Gasteiger partial charge >= 0.3 is 0 Å². The van der Waals surface area contributed by atoms with Crippen molar-refractivity contribution in [2.24, 2.45) is 45.8 Å². The van der Waals surface area contributed by atoms with Crippen LogP contribution in [0.5, 0.6) is 0 Å². The summed E-state index contributed by atoms with van der Waals surface area (Å²) in [5.74, 6) is 3.80. The lowest BCUT2D eigenvalue weighted by atomic mass is 9.40. The normalized spacial score (nSPS) is 54.1. The minimum absolute atomic E-state index is 0.0281. The highest BCUT2D eigenvalue weighted by Crippen LogP contribution is 2.70. The lowest BCUT2D eigenvalue weighted by molar-refractivity contribution is -0.282. The van der Waals surface area contributed by atoms with E-state index in [1.807, 2.05) is 6.92 Å². The highest BCUT2D eigenvalue weighted by molar-refractivity contribution is 5.85. The first kappa shape index (κ1) is 23.9. The van der Waals surface area contributed by atoms with Crippen LogP contribution in [-0.4, -0.2) is 36.9 Å². The molecule has 6 fully saturated rings. The second kappa shape index (κ2) is 8.02. The Labute approximate surface area is 207 Å². The fourth-order valence-corrected chi connectivity index (χ4v) is 10.5. The quantitative estimate of drug-likeness (QED) is 0.524. The highest BCUT2D eigenvalue weighted by Gasteiger charge is 2.68. The standard InChI is InChI=1S/C30H49NO3/c1-19(2)22-11-14-28(4)21-10-9-20-7-6-8-23(20)30(28,26(22)31-17-21)16-12-24(32)27(3)18-33-29(5)15-13-25(27)34-29/h19-23,25-26,31H,6-18H2,1-5H3. The molecule has 3 saturated heterocycles. The van der Waals surface area contributed by atoms with Crippen LogP contribution in [0.25, 0.3) is 0 Å². The molecule has 3 aliphatic heterocycles. The molecule has 3 heterocycles. The maximum Gasteiger partial charge on any atom is 0.166 e. The Hall–Kier alpha value is -0.450. The molecule has 10 atom stereocenters. The largest absolute Gasteiger partial charge is 0.349 e. The van der Waals surface area contributed by atoms with E-state index >= 15 is 0 Å². The van der Waals surface area contributed by atoms with Crippen LogP contribution in [0.2, 0.25) is 0 Å². The molecule has 10 unspecified atom stereocenters. The minimum atomic E-state index is -0.485. The molecule has 6 rings (SSSR count). The van der Waals surface area contributed by atoms with Crippen molar-refractivity contribution >= 4 is 5.78 Å². The molecule has 0 spiro atoms. The third-order valence-corrected chi connectivity index (χ3v) is 12.6. The summed E-state index contributed by atoms with van der Waals surface area (Å²) in [6.45, 7) is 13.5. The van der Waals surface area contributed by atoms with Gasteiger partial charge in [-0.3, -0.25) is 4.79 Å². The van der Waals surface area contributed by atoms with E-state index in [0.29, 0.717) is 36.2 Å². The molecule has 192 valence electrons. The monoisotopic (exact) mass is 471 g/mol. The predicted octanol–water partition coefficient (Wildman–Crippen LogP) is 6.12. The Morgan fingerprint density at radius 3 is 2.65 bits per heavy atom. The Morgan fingerprint density at radius 1 is 1.03 bits per heavy atom. The van der Waals surface area contributed by atoms with Crippen LogP contribution in [0.1, 0.15) is 105 Å². The smallest absolute Gasteiger partial charge is 0.166 e. The first-order chi connectivity index (χ1) is 16.1. The van der Waals surface area contributed by atoms with Crippen LogP contribution in [0, 0.1) is 45.8 Å². The molecule has 3 saturated carbocycles. The van der Waals surface area contributed by atoms with E-state index in [1.54, 1.807) is 0 Å². The zero-order chi connectivity index (χ0) is 23.9. The molecular formula is C30H49NO3. The van der Waals surface area contributed by atoms with Crippen LogP contribution in [0.3, 0.4) is 0 Å². The molecule has 34 heavy (non-hydrogen) atoms. The molecule has 3 aliphatic carbocycles. The molecule has 0 aromatic heterocycles. The first-order valence-electron chi connectivity index (χ1n) is 14.7. The fraction of sp³-hybridized carbons (Fsp3) is 0.967. The van der Waals surface area contributed by atoms with Crippen LogP contribution in [0.4, 0.5) is 0 Å². The van der Waals surface area contributed by atoms with Gasteiger partial charge in [0.1, 0.15) is 5.78 Å². The maximum absolute atomic E-state index is 14.0. The van der Waals surface area contributed by atoms with Gasteiger partial charge in [-0.05, 0) is 106 Å². The number of fused-ring (bicyclic) bond motifs is 3. The molecule has 0 aromatic carbocycles. The van der Waals surface area contributed by atoms with Gasteiger partial charge in [-0.25, -0.2) is 0 Å². The molecule has 4 heteroatoms. The Morgan fingerprint density at radius 2 is 1.85 bits per heavy atom. The van der Waals surface area contributed by atoms with Gasteiger partial charge in [0.25, 0.3) is 0 Å². The van der Waals surface area contributed by atoms with Crippen molar-refractivity contribution in [2.75, 3.05) is 13.2 Å². The lowest BCUT2D eigenvalue weighted by Gasteiger charge is -2.68. The van der Waals surface area contributed by atoms with E-state index in [-0.39, 0.29) is 11.5 Å². The van der Waals surface area contributed by atoms with Crippen LogP contribution in [0.15, 0.2) is 0 Å². The van der Waals surface area contributed by atoms with Gasteiger partial charge in [0, 0.05) is 18.9 Å². The van der Waals surface area contributed by atoms with Gasteiger partial charge in [-0.1, -0.05) is 33.6 Å². The van der Waals surface area contributed by atoms with Gasteiger partial charge < -0.3 is 14.8 Å². The topological polar surface area (TPSA) is 47.6 Å². The number of carbonyl (C=O) groups excluding carboxylic acids is 1. The molecule has 6 aliphatic rings. The number of piperidine rings is 1. The van der Waals surface area contributed by atoms with Crippen molar-refractivity contribution in [1.82, 2.24) is 5.32 Å². The Kier molecular flexibility index (Phi) is 5.64. The number of nitrogens with one attached hydrogen (secondary N) is 1. The molecule has 4 nitrogen and oxygen atoms in total. The second-order valence-electron chi connectivity index (χ2n) is 14.3. The summed E-state index contributed by atoms with van der Waals surface area (Å²) in [5.41, 5.74) is 0.138. The average molecular weight is 472 g/mol. The zero-order valence-electron chi connectivity index (χ0n) is 22.5. The maximum atomic E-state index is 14.0. The molecule has 0 amide bonds. The van der Waals surface area contributed by atoms with E-state index in [0.717, 1.165) is 42.9 Å². The van der Waals surface area contributed by atoms with Gasteiger partial charge in [-0.15, -0.1) is 0 Å². The van der Waals surface area contributed by atoms with E-state index < -0.39 is 11.2 Å². The summed E-state index contributed by atoms with van der Waals surface area (Å²) in [7, 11) is 0. The van der Waals surface area contributed by atoms with E-state index in [9.17, 15) is 4.79 Å². The second-order valence-corrected chi connectivity index (χ2v) is 14.3. The molecular weight excluding hydrogens is 422 g/mol. The summed E-state index contributed by atoms with van der Waals surface area (Å²) in [4.78, 5) is 14.0. The Bertz CT molecular complexity index is 828. The predicted molar refractivity (Wildman–Crippen MR) is 134 cm³/mol. The number of Topliss-reactive ketones (excluding diaryl/α,β-unsaturated/α-hetero) is 1. The molecule has 0 radical (unpaired) electrons. The van der Waals surface area contributed by atoms with Gasteiger partial charge in [0.2, 0.25) is 0 Å². The van der Waals surface area contributed by atoms with Gasteiger partial charge in [0.15, 0.2) is 5.79 Å². The van der Waals surface area contributed by atoms with Gasteiger partial charge in [0.05, 0.1) is 18.1 Å². The van der Waals surface area contributed by atoms with E-state index in [2.05, 4.69) is 33.0 Å². The average Bonchev–Trinajstić information content (AvgIpc) is 3.39. The summed E-state index contributed by atoms with van der Waals surface area (Å²) in [6.07, 6.45) is 13.4. The van der Waals surface area contributed by atoms with Crippen LogP contribution >= 0.6 is 0 Å². The van der Waals surface area contributed by atoms with Crippen molar-refractivity contribution in [1.29, 1.82) is 0 Å². The number of hydrogen-bond donors (Lipinski definition) is 1. The summed E-state index contributed by atoms with van der Waals surface area (Å²) in [5, 5.41) is 4.19. The van der Waals surface area contributed by atoms with Crippen molar-refractivity contribution in [2.45, 2.75) is 123 Å². The summed E-state index contributed by atoms with van der Waals surface area (Å²) < 4.78 is 12.4. The third kappa shape index (κ3) is 3.16. The number of ether oxygens (including phenoxy) is 2. The fourth-order valence-electron chi connectivity index (χ4n) is 10.5. The molecule has 6 bridgehead atoms. The van der Waals surface area contributed by atoms with Crippen molar-refractivity contribution in [3.05, 3.63) is 0 Å². The summed E-state index contributed by atoms with van der Waals surface area (Å²) in [6, 6.07) is 0.570. The lowest BCUT2D eigenvalue weighted by Crippen LogP contribution is -2.71. The summed E-state index contributed by atoms with van der Waals surface area (Å²) >= 11 is 0.